The highest BCUT2D eigenvalue weighted by atomic mass is 32.2. The molecule has 4 rings (SSSR count). The first-order chi connectivity index (χ1) is 12.9. The van der Waals surface area contributed by atoms with Crippen LogP contribution in [0.5, 0.6) is 11.5 Å². The highest BCUT2D eigenvalue weighted by Gasteiger charge is 2.38. The van der Waals surface area contributed by atoms with Gasteiger partial charge < -0.3 is 9.47 Å². The first kappa shape index (κ1) is 18.3. The predicted octanol–water partition coefficient (Wildman–Crippen LogP) is 2.67. The highest BCUT2D eigenvalue weighted by Crippen LogP contribution is 2.38. The molecule has 2 aliphatic rings. The van der Waals surface area contributed by atoms with E-state index in [2.05, 4.69) is 12.0 Å². The number of hydrogen-bond donors (Lipinski definition) is 0. The molecule has 146 valence electrons. The van der Waals surface area contributed by atoms with Crippen molar-refractivity contribution in [2.24, 2.45) is 5.41 Å². The monoisotopic (exact) mass is 391 g/mol. The fraction of sp³-hybridized carbons (Fsp3) is 0.526. The molecule has 1 aromatic heterocycles. The van der Waals surface area contributed by atoms with E-state index in [0.29, 0.717) is 19.6 Å². The fourth-order valence-corrected chi connectivity index (χ4v) is 5.86. The third-order valence-corrected chi connectivity index (χ3v) is 7.26. The molecule has 0 saturated carbocycles. The van der Waals surface area contributed by atoms with Gasteiger partial charge in [-0.1, -0.05) is 13.0 Å². The van der Waals surface area contributed by atoms with Crippen LogP contribution in [0.25, 0.3) is 0 Å². The summed E-state index contributed by atoms with van der Waals surface area (Å²) in [6.45, 7) is 5.89. The smallest absolute Gasteiger partial charge is 0.260 e. The molecule has 0 spiro atoms. The van der Waals surface area contributed by atoms with Crippen LogP contribution >= 0.6 is 0 Å². The zero-order valence-electron chi connectivity index (χ0n) is 15.7. The van der Waals surface area contributed by atoms with E-state index in [-0.39, 0.29) is 17.2 Å². The first-order valence-electron chi connectivity index (χ1n) is 9.32. The highest BCUT2D eigenvalue weighted by molar-refractivity contribution is 7.89. The Kier molecular flexibility index (Phi) is 4.63. The quantitative estimate of drug-likeness (QED) is 0.783. The van der Waals surface area contributed by atoms with Gasteiger partial charge >= 0.3 is 0 Å². The summed E-state index contributed by atoms with van der Waals surface area (Å²) in [5, 5.41) is 4.39. The van der Waals surface area contributed by atoms with Gasteiger partial charge in [0.2, 0.25) is 6.79 Å². The number of sulfonamides is 1. The number of fused-ring (bicyclic) bond motifs is 1. The molecule has 1 saturated heterocycles. The molecular weight excluding hydrogens is 366 g/mol. The molecule has 0 amide bonds. The Morgan fingerprint density at radius 3 is 2.85 bits per heavy atom. The summed E-state index contributed by atoms with van der Waals surface area (Å²) in [5.41, 5.74) is 1.01. The van der Waals surface area contributed by atoms with Crippen molar-refractivity contribution in [3.05, 3.63) is 36.0 Å². The molecule has 3 heterocycles. The molecule has 0 radical (unpaired) electrons. The Balaban J connectivity index is 1.55. The maximum absolute atomic E-state index is 13.2. The Hall–Kier alpha value is -2.06. The summed E-state index contributed by atoms with van der Waals surface area (Å²) in [6.07, 6.45) is 4.18. The minimum atomic E-state index is -3.55. The molecule has 2 aromatic rings. The van der Waals surface area contributed by atoms with Crippen LogP contribution in [0.15, 0.2) is 35.5 Å². The van der Waals surface area contributed by atoms with Crippen LogP contribution in [-0.4, -0.2) is 42.4 Å². The molecule has 0 bridgehead atoms. The van der Waals surface area contributed by atoms with E-state index < -0.39 is 10.0 Å². The average Bonchev–Trinajstić information content (AvgIpc) is 3.30. The molecule has 2 aliphatic heterocycles. The van der Waals surface area contributed by atoms with Crippen molar-refractivity contribution in [1.82, 2.24) is 14.1 Å². The van der Waals surface area contributed by atoms with Crippen LogP contribution in [0.3, 0.4) is 0 Å². The Bertz CT molecular complexity index is 940. The van der Waals surface area contributed by atoms with Gasteiger partial charge in [-0.05, 0) is 55.4 Å². The van der Waals surface area contributed by atoms with E-state index in [1.165, 1.54) is 0 Å². The number of hydrogen-bond acceptors (Lipinski definition) is 5. The summed E-state index contributed by atoms with van der Waals surface area (Å²) in [6, 6.07) is 7.56. The van der Waals surface area contributed by atoms with E-state index in [4.69, 9.17) is 9.47 Å². The zero-order valence-corrected chi connectivity index (χ0v) is 16.5. The van der Waals surface area contributed by atoms with Crippen molar-refractivity contribution >= 4 is 10.0 Å². The van der Waals surface area contributed by atoms with Crippen molar-refractivity contribution in [1.29, 1.82) is 0 Å². The molecule has 27 heavy (non-hydrogen) atoms. The molecule has 1 fully saturated rings. The summed E-state index contributed by atoms with van der Waals surface area (Å²) in [7, 11) is -3.55. The minimum Gasteiger partial charge on any atom is -0.454 e. The zero-order chi connectivity index (χ0) is 19.1. The number of aromatic nitrogens is 2. The number of piperidine rings is 1. The summed E-state index contributed by atoms with van der Waals surface area (Å²) in [4.78, 5) is 0. The number of nitrogens with zero attached hydrogens (tertiary/aromatic N) is 3. The standard InChI is InChI=1S/C19H25N3O4S/c1-3-22-18(7-9-20-22)27(23,24)21-10-4-8-19(2,13-21)12-15-5-6-16-17(11-15)26-14-25-16/h5-7,9,11H,3-4,8,10,12-14H2,1-2H3/t19-/m1/s1. The van der Waals surface area contributed by atoms with Gasteiger partial charge in [-0.2, -0.15) is 9.40 Å². The summed E-state index contributed by atoms with van der Waals surface area (Å²) >= 11 is 0. The molecule has 1 aromatic carbocycles. The van der Waals surface area contributed by atoms with Crippen molar-refractivity contribution in [3.63, 3.8) is 0 Å². The molecular formula is C19H25N3O4S. The predicted molar refractivity (Wildman–Crippen MR) is 100 cm³/mol. The molecule has 8 heteroatoms. The minimum absolute atomic E-state index is 0.129. The lowest BCUT2D eigenvalue weighted by Gasteiger charge is -2.40. The fourth-order valence-electron chi connectivity index (χ4n) is 4.07. The normalized spacial score (nSPS) is 22.9. The van der Waals surface area contributed by atoms with Gasteiger partial charge in [0.05, 0.1) is 6.20 Å². The Labute approximate surface area is 159 Å². The van der Waals surface area contributed by atoms with E-state index >= 15 is 0 Å². The molecule has 0 unspecified atom stereocenters. The van der Waals surface area contributed by atoms with E-state index in [1.54, 1.807) is 21.3 Å². The first-order valence-corrected chi connectivity index (χ1v) is 10.8. The molecule has 0 N–H and O–H groups in total. The Morgan fingerprint density at radius 2 is 2.04 bits per heavy atom. The maximum Gasteiger partial charge on any atom is 0.260 e. The second-order valence-corrected chi connectivity index (χ2v) is 9.49. The van der Waals surface area contributed by atoms with Crippen LogP contribution < -0.4 is 9.47 Å². The maximum atomic E-state index is 13.2. The van der Waals surface area contributed by atoms with Crippen LogP contribution in [0.1, 0.15) is 32.3 Å². The number of ether oxygens (including phenoxy) is 2. The van der Waals surface area contributed by atoms with Gasteiger partial charge in [-0.3, -0.25) is 4.68 Å². The van der Waals surface area contributed by atoms with Crippen LogP contribution in [0.4, 0.5) is 0 Å². The van der Waals surface area contributed by atoms with Crippen molar-refractivity contribution in [3.8, 4) is 11.5 Å². The molecule has 1 atom stereocenters. The van der Waals surface area contributed by atoms with E-state index in [9.17, 15) is 8.42 Å². The lowest BCUT2D eigenvalue weighted by molar-refractivity contribution is 0.164. The topological polar surface area (TPSA) is 73.7 Å². The second-order valence-electron chi connectivity index (χ2n) is 7.60. The third kappa shape index (κ3) is 3.43. The van der Waals surface area contributed by atoms with Gasteiger partial charge in [-0.25, -0.2) is 8.42 Å². The van der Waals surface area contributed by atoms with Crippen molar-refractivity contribution in [2.75, 3.05) is 19.9 Å². The molecule has 7 nitrogen and oxygen atoms in total. The summed E-state index contributed by atoms with van der Waals surface area (Å²) in [5.74, 6) is 1.54. The number of rotatable bonds is 5. The number of benzene rings is 1. The second kappa shape index (κ2) is 6.83. The van der Waals surface area contributed by atoms with E-state index in [0.717, 1.165) is 36.3 Å². The van der Waals surface area contributed by atoms with Crippen molar-refractivity contribution in [2.45, 2.75) is 44.7 Å². The van der Waals surface area contributed by atoms with E-state index in [1.807, 2.05) is 25.1 Å². The lowest BCUT2D eigenvalue weighted by Crippen LogP contribution is -2.46. The average molecular weight is 391 g/mol. The summed E-state index contributed by atoms with van der Waals surface area (Å²) < 4.78 is 40.3. The molecule has 0 aliphatic carbocycles. The number of aryl methyl sites for hydroxylation is 1. The van der Waals surface area contributed by atoms with Crippen LogP contribution in [0.2, 0.25) is 0 Å². The SMILES string of the molecule is CCn1nccc1S(=O)(=O)N1CCC[C@](C)(Cc2ccc3c(c2)OCO3)C1. The van der Waals surface area contributed by atoms with Crippen molar-refractivity contribution < 1.29 is 17.9 Å². The Morgan fingerprint density at radius 1 is 1.22 bits per heavy atom. The van der Waals surface area contributed by atoms with Gasteiger partial charge in [-0.15, -0.1) is 0 Å². The van der Waals surface area contributed by atoms with Crippen LogP contribution in [0, 0.1) is 5.41 Å². The van der Waals surface area contributed by atoms with Gasteiger partial charge in [0.1, 0.15) is 0 Å². The lowest BCUT2D eigenvalue weighted by atomic mass is 9.77. The largest absolute Gasteiger partial charge is 0.454 e. The van der Waals surface area contributed by atoms with Gasteiger partial charge in [0.15, 0.2) is 16.5 Å². The van der Waals surface area contributed by atoms with Gasteiger partial charge in [0.25, 0.3) is 10.0 Å². The van der Waals surface area contributed by atoms with Gasteiger partial charge in [0, 0.05) is 19.6 Å². The third-order valence-electron chi connectivity index (χ3n) is 5.40. The van der Waals surface area contributed by atoms with Crippen LogP contribution in [-0.2, 0) is 23.0 Å².